The summed E-state index contributed by atoms with van der Waals surface area (Å²) in [5.41, 5.74) is 0. The van der Waals surface area contributed by atoms with Crippen LogP contribution in [0.4, 0.5) is 0 Å². The van der Waals surface area contributed by atoms with Crippen molar-refractivity contribution in [2.45, 2.75) is 4.90 Å². The first-order valence-corrected chi connectivity index (χ1v) is 7.24. The molecule has 1 fully saturated rings. The largest absolute Gasteiger partial charge is 0.372 e. The van der Waals surface area contributed by atoms with Gasteiger partial charge >= 0.3 is 0 Å². The van der Waals surface area contributed by atoms with Crippen molar-refractivity contribution in [1.29, 1.82) is 0 Å². The maximum absolute atomic E-state index is 5.44. The molecule has 0 saturated carbocycles. The van der Waals surface area contributed by atoms with E-state index in [4.69, 9.17) is 4.74 Å². The molecule has 2 aromatic carbocycles. The maximum atomic E-state index is 5.44. The Morgan fingerprint density at radius 2 is 1.62 bits per heavy atom. The highest BCUT2D eigenvalue weighted by atomic mass is 32.2. The van der Waals surface area contributed by atoms with Gasteiger partial charge in [0.15, 0.2) is 4.90 Å². The number of hydrogen-bond acceptors (Lipinski definition) is 1. The monoisotopic (exact) mass is 231 g/mol. The predicted molar refractivity (Wildman–Crippen MR) is 70.1 cm³/mol. The standard InChI is InChI=1S/C14H15OS/c1-2-6-13-12(4-1)5-3-7-14(13)16-10-8-15-9-11-16/h1-7H,8-11H2/q+1. The van der Waals surface area contributed by atoms with Gasteiger partial charge in [-0.25, -0.2) is 0 Å². The van der Waals surface area contributed by atoms with Crippen molar-refractivity contribution in [3.63, 3.8) is 0 Å². The van der Waals surface area contributed by atoms with Gasteiger partial charge < -0.3 is 4.74 Å². The Bertz CT molecular complexity index is 484. The Morgan fingerprint density at radius 3 is 2.50 bits per heavy atom. The first-order valence-electron chi connectivity index (χ1n) is 5.68. The molecule has 3 rings (SSSR count). The van der Waals surface area contributed by atoms with E-state index in [-0.39, 0.29) is 0 Å². The molecule has 1 aliphatic rings. The second-order valence-electron chi connectivity index (χ2n) is 3.99. The molecule has 1 nitrogen and oxygen atoms in total. The van der Waals surface area contributed by atoms with Crippen molar-refractivity contribution >= 4 is 21.7 Å². The minimum absolute atomic E-state index is 0.392. The average Bonchev–Trinajstić information content (AvgIpc) is 2.39. The maximum Gasteiger partial charge on any atom is 0.162 e. The van der Waals surface area contributed by atoms with Gasteiger partial charge in [0.2, 0.25) is 0 Å². The number of rotatable bonds is 1. The number of hydrogen-bond donors (Lipinski definition) is 0. The van der Waals surface area contributed by atoms with Gasteiger partial charge in [-0.05, 0) is 17.5 Å². The summed E-state index contributed by atoms with van der Waals surface area (Å²) in [6.45, 7) is 1.85. The van der Waals surface area contributed by atoms with Gasteiger partial charge in [0, 0.05) is 16.3 Å². The van der Waals surface area contributed by atoms with Gasteiger partial charge in [0.05, 0.1) is 13.2 Å². The van der Waals surface area contributed by atoms with Crippen LogP contribution in [0.25, 0.3) is 10.8 Å². The number of ether oxygens (including phenoxy) is 1. The summed E-state index contributed by atoms with van der Waals surface area (Å²) in [4.78, 5) is 1.53. The summed E-state index contributed by atoms with van der Waals surface area (Å²) in [6.07, 6.45) is 0. The predicted octanol–water partition coefficient (Wildman–Crippen LogP) is 2.85. The van der Waals surface area contributed by atoms with Crippen molar-refractivity contribution < 1.29 is 4.74 Å². The first kappa shape index (κ1) is 10.2. The van der Waals surface area contributed by atoms with Crippen LogP contribution in [0.1, 0.15) is 0 Å². The van der Waals surface area contributed by atoms with Gasteiger partial charge in [-0.2, -0.15) is 0 Å². The summed E-state index contributed by atoms with van der Waals surface area (Å²) in [5, 5.41) is 2.79. The van der Waals surface area contributed by atoms with Crippen molar-refractivity contribution in [3.8, 4) is 0 Å². The van der Waals surface area contributed by atoms with Crippen LogP contribution in [-0.2, 0) is 15.6 Å². The number of benzene rings is 2. The van der Waals surface area contributed by atoms with Gasteiger partial charge in [-0.3, -0.25) is 0 Å². The summed E-state index contributed by atoms with van der Waals surface area (Å²) in [7, 11) is 0.392. The quantitative estimate of drug-likeness (QED) is 0.686. The summed E-state index contributed by atoms with van der Waals surface area (Å²) >= 11 is 0. The third-order valence-electron chi connectivity index (χ3n) is 3.01. The first-order chi connectivity index (χ1) is 7.95. The third-order valence-corrected chi connectivity index (χ3v) is 5.31. The molecule has 2 heteroatoms. The molecule has 16 heavy (non-hydrogen) atoms. The lowest BCUT2D eigenvalue weighted by Gasteiger charge is -2.15. The molecule has 0 radical (unpaired) electrons. The molecule has 82 valence electrons. The molecular weight excluding hydrogens is 216 g/mol. The van der Waals surface area contributed by atoms with Crippen LogP contribution in [0.2, 0.25) is 0 Å². The van der Waals surface area contributed by atoms with Crippen LogP contribution in [-0.4, -0.2) is 24.7 Å². The highest BCUT2D eigenvalue weighted by Crippen LogP contribution is 2.26. The van der Waals surface area contributed by atoms with E-state index in [0.717, 1.165) is 13.2 Å². The van der Waals surface area contributed by atoms with E-state index >= 15 is 0 Å². The van der Waals surface area contributed by atoms with E-state index in [0.29, 0.717) is 10.9 Å². The summed E-state index contributed by atoms with van der Waals surface area (Å²) in [6, 6.07) is 15.4. The minimum atomic E-state index is 0.392. The van der Waals surface area contributed by atoms with Gasteiger partial charge in [-0.1, -0.05) is 30.3 Å². The normalized spacial score (nSPS) is 17.8. The van der Waals surface area contributed by atoms with Crippen LogP contribution in [0.15, 0.2) is 47.4 Å². The topological polar surface area (TPSA) is 9.23 Å². The van der Waals surface area contributed by atoms with E-state index < -0.39 is 0 Å². The smallest absolute Gasteiger partial charge is 0.162 e. The van der Waals surface area contributed by atoms with Gasteiger partial charge in [0.25, 0.3) is 0 Å². The van der Waals surface area contributed by atoms with Gasteiger partial charge in [0.1, 0.15) is 11.5 Å². The van der Waals surface area contributed by atoms with Crippen molar-refractivity contribution in [1.82, 2.24) is 0 Å². The molecule has 0 bridgehead atoms. The highest BCUT2D eigenvalue weighted by Gasteiger charge is 2.26. The zero-order valence-corrected chi connectivity index (χ0v) is 10.0. The molecule has 1 saturated heterocycles. The number of fused-ring (bicyclic) bond motifs is 1. The molecule has 0 aromatic heterocycles. The van der Waals surface area contributed by atoms with E-state index in [1.165, 1.54) is 27.2 Å². The third kappa shape index (κ3) is 1.83. The van der Waals surface area contributed by atoms with Crippen LogP contribution >= 0.6 is 0 Å². The van der Waals surface area contributed by atoms with Gasteiger partial charge in [-0.15, -0.1) is 0 Å². The van der Waals surface area contributed by atoms with Crippen LogP contribution in [0, 0.1) is 0 Å². The van der Waals surface area contributed by atoms with Crippen LogP contribution in [0.3, 0.4) is 0 Å². The van der Waals surface area contributed by atoms with Crippen molar-refractivity contribution in [3.05, 3.63) is 42.5 Å². The fourth-order valence-corrected chi connectivity index (χ4v) is 4.24. The van der Waals surface area contributed by atoms with E-state index in [9.17, 15) is 0 Å². The summed E-state index contributed by atoms with van der Waals surface area (Å²) < 4.78 is 5.44. The fourth-order valence-electron chi connectivity index (χ4n) is 2.19. The zero-order valence-electron chi connectivity index (χ0n) is 9.19. The Balaban J connectivity index is 2.08. The molecule has 2 aromatic rings. The lowest BCUT2D eigenvalue weighted by molar-refractivity contribution is 0.159. The molecule has 1 heterocycles. The Morgan fingerprint density at radius 1 is 0.875 bits per heavy atom. The Hall–Kier alpha value is -0.990. The minimum Gasteiger partial charge on any atom is -0.372 e. The molecular formula is C14H15OS+. The van der Waals surface area contributed by atoms with E-state index in [2.05, 4.69) is 42.5 Å². The summed E-state index contributed by atoms with van der Waals surface area (Å²) in [5.74, 6) is 2.38. The van der Waals surface area contributed by atoms with Crippen molar-refractivity contribution in [2.75, 3.05) is 24.7 Å². The molecule has 0 N–H and O–H groups in total. The molecule has 0 atom stereocenters. The molecule has 0 unspecified atom stereocenters. The Labute approximate surface area is 98.8 Å². The molecule has 0 aliphatic carbocycles. The SMILES string of the molecule is c1ccc2c([S+]3CCOCC3)cccc2c1. The Kier molecular flexibility index (Phi) is 2.85. The average molecular weight is 231 g/mol. The lowest BCUT2D eigenvalue weighted by Crippen LogP contribution is -2.26. The van der Waals surface area contributed by atoms with E-state index in [1.807, 2.05) is 0 Å². The highest BCUT2D eigenvalue weighted by molar-refractivity contribution is 7.97. The van der Waals surface area contributed by atoms with Crippen LogP contribution < -0.4 is 0 Å². The molecule has 0 spiro atoms. The molecule has 1 aliphatic heterocycles. The van der Waals surface area contributed by atoms with Crippen LogP contribution in [0.5, 0.6) is 0 Å². The second-order valence-corrected chi connectivity index (χ2v) is 6.23. The molecule has 0 amide bonds. The lowest BCUT2D eigenvalue weighted by atomic mass is 10.1. The van der Waals surface area contributed by atoms with Crippen molar-refractivity contribution in [2.24, 2.45) is 0 Å². The zero-order chi connectivity index (χ0) is 10.8. The fraction of sp³-hybridized carbons (Fsp3) is 0.286. The second kappa shape index (κ2) is 4.48. The van der Waals surface area contributed by atoms with E-state index in [1.54, 1.807) is 0 Å².